The number of ether oxygens (including phenoxy) is 1. The second-order valence-corrected chi connectivity index (χ2v) is 8.87. The van der Waals surface area contributed by atoms with Crippen LogP contribution in [-0.2, 0) is 4.74 Å². The van der Waals surface area contributed by atoms with Crippen LogP contribution in [0.1, 0.15) is 59.3 Å². The lowest BCUT2D eigenvalue weighted by molar-refractivity contribution is -0.0722. The minimum atomic E-state index is -0.734. The third-order valence-electron chi connectivity index (χ3n) is 5.68. The number of carbonyl (C=O) groups excluding carboxylic acids is 1. The SMILES string of the molecule is CC(C)(C)OC(=O)N1CCC(O)(CN2C3CCC2CC(O)C3)CC1. The number of aliphatic hydroxyl groups is 2. The van der Waals surface area contributed by atoms with Gasteiger partial charge in [0, 0.05) is 31.7 Å². The van der Waals surface area contributed by atoms with E-state index in [9.17, 15) is 15.0 Å². The molecule has 3 aliphatic heterocycles. The molecule has 2 unspecified atom stereocenters. The van der Waals surface area contributed by atoms with Gasteiger partial charge in [-0.3, -0.25) is 4.90 Å². The van der Waals surface area contributed by atoms with Crippen molar-refractivity contribution in [1.29, 1.82) is 0 Å². The standard InChI is InChI=1S/C18H32N2O4/c1-17(2,3)24-16(22)19-8-6-18(23,7-9-19)12-20-13-4-5-14(20)11-15(21)10-13/h13-15,21,23H,4-12H2,1-3H3. The van der Waals surface area contributed by atoms with Gasteiger partial charge in [0.15, 0.2) is 0 Å². The second-order valence-electron chi connectivity index (χ2n) is 8.87. The lowest BCUT2D eigenvalue weighted by Crippen LogP contribution is -2.56. The molecule has 6 nitrogen and oxygen atoms in total. The number of aliphatic hydroxyl groups excluding tert-OH is 1. The molecule has 0 radical (unpaired) electrons. The number of hydrogen-bond acceptors (Lipinski definition) is 5. The Balaban J connectivity index is 1.53. The van der Waals surface area contributed by atoms with Gasteiger partial charge < -0.3 is 19.8 Å². The molecule has 138 valence electrons. The van der Waals surface area contributed by atoms with Crippen molar-refractivity contribution in [2.24, 2.45) is 0 Å². The maximum atomic E-state index is 12.1. The predicted molar refractivity (Wildman–Crippen MR) is 90.7 cm³/mol. The van der Waals surface area contributed by atoms with Gasteiger partial charge >= 0.3 is 6.09 Å². The van der Waals surface area contributed by atoms with E-state index in [0.29, 0.717) is 44.6 Å². The Kier molecular flexibility index (Phi) is 4.84. The van der Waals surface area contributed by atoms with Crippen molar-refractivity contribution in [3.63, 3.8) is 0 Å². The van der Waals surface area contributed by atoms with Crippen LogP contribution in [0.3, 0.4) is 0 Å². The Labute approximate surface area is 144 Å². The van der Waals surface area contributed by atoms with E-state index < -0.39 is 11.2 Å². The molecule has 3 saturated heterocycles. The molecule has 0 aromatic rings. The van der Waals surface area contributed by atoms with Gasteiger partial charge in [-0.25, -0.2) is 4.79 Å². The van der Waals surface area contributed by atoms with Crippen molar-refractivity contribution in [3.05, 3.63) is 0 Å². The summed E-state index contributed by atoms with van der Waals surface area (Å²) in [7, 11) is 0. The van der Waals surface area contributed by atoms with Gasteiger partial charge in [-0.05, 0) is 59.3 Å². The van der Waals surface area contributed by atoms with Gasteiger partial charge in [-0.2, -0.15) is 0 Å². The summed E-state index contributed by atoms with van der Waals surface area (Å²) >= 11 is 0. The average Bonchev–Trinajstić information content (AvgIpc) is 2.68. The molecular formula is C18H32N2O4. The number of hydrogen-bond donors (Lipinski definition) is 2. The van der Waals surface area contributed by atoms with Crippen LogP contribution >= 0.6 is 0 Å². The molecule has 0 aromatic heterocycles. The van der Waals surface area contributed by atoms with Gasteiger partial charge in [0.25, 0.3) is 0 Å². The summed E-state index contributed by atoms with van der Waals surface area (Å²) in [6.07, 6.45) is 4.62. The van der Waals surface area contributed by atoms with Crippen molar-refractivity contribution >= 4 is 6.09 Å². The first-order valence-electron chi connectivity index (χ1n) is 9.29. The van der Waals surface area contributed by atoms with Crippen LogP contribution < -0.4 is 0 Å². The molecule has 2 bridgehead atoms. The smallest absolute Gasteiger partial charge is 0.410 e. The molecule has 2 atom stereocenters. The highest BCUT2D eigenvalue weighted by atomic mass is 16.6. The summed E-state index contributed by atoms with van der Waals surface area (Å²) in [5.74, 6) is 0. The summed E-state index contributed by atoms with van der Waals surface area (Å²) in [6, 6.07) is 0.818. The lowest BCUT2D eigenvalue weighted by atomic mass is 9.88. The van der Waals surface area contributed by atoms with Gasteiger partial charge in [0.05, 0.1) is 11.7 Å². The quantitative estimate of drug-likeness (QED) is 0.801. The molecule has 6 heteroatoms. The van der Waals surface area contributed by atoms with Crippen molar-refractivity contribution in [1.82, 2.24) is 9.80 Å². The molecule has 0 saturated carbocycles. The molecule has 24 heavy (non-hydrogen) atoms. The summed E-state index contributed by atoms with van der Waals surface area (Å²) in [5.41, 5.74) is -1.22. The summed E-state index contributed by atoms with van der Waals surface area (Å²) in [6.45, 7) is 7.34. The van der Waals surface area contributed by atoms with E-state index >= 15 is 0 Å². The van der Waals surface area contributed by atoms with Crippen LogP contribution in [0.25, 0.3) is 0 Å². The zero-order chi connectivity index (χ0) is 17.5. The molecule has 0 aliphatic carbocycles. The van der Waals surface area contributed by atoms with Crippen LogP contribution in [0.2, 0.25) is 0 Å². The van der Waals surface area contributed by atoms with Crippen LogP contribution in [0, 0.1) is 0 Å². The fourth-order valence-corrected chi connectivity index (χ4v) is 4.43. The van der Waals surface area contributed by atoms with Crippen LogP contribution in [-0.4, -0.2) is 75.1 Å². The van der Waals surface area contributed by atoms with Crippen LogP contribution in [0.5, 0.6) is 0 Å². The molecule has 0 aromatic carbocycles. The number of nitrogens with zero attached hydrogens (tertiary/aromatic N) is 2. The number of amides is 1. The van der Waals surface area contributed by atoms with E-state index in [2.05, 4.69) is 4.90 Å². The normalized spacial score (nSPS) is 33.5. The third kappa shape index (κ3) is 4.03. The van der Waals surface area contributed by atoms with E-state index in [1.54, 1.807) is 4.90 Å². The zero-order valence-corrected chi connectivity index (χ0v) is 15.2. The third-order valence-corrected chi connectivity index (χ3v) is 5.68. The first-order valence-corrected chi connectivity index (χ1v) is 9.29. The summed E-state index contributed by atoms with van der Waals surface area (Å²) < 4.78 is 5.42. The van der Waals surface area contributed by atoms with E-state index in [0.717, 1.165) is 25.7 Å². The second kappa shape index (κ2) is 6.46. The Morgan fingerprint density at radius 2 is 1.71 bits per heavy atom. The number of rotatable bonds is 2. The highest BCUT2D eigenvalue weighted by molar-refractivity contribution is 5.68. The molecule has 0 spiro atoms. The largest absolute Gasteiger partial charge is 0.444 e. The van der Waals surface area contributed by atoms with Gasteiger partial charge in [-0.1, -0.05) is 0 Å². The van der Waals surface area contributed by atoms with E-state index in [1.807, 2.05) is 20.8 Å². The minimum Gasteiger partial charge on any atom is -0.444 e. The molecular weight excluding hydrogens is 308 g/mol. The first kappa shape index (κ1) is 18.0. The average molecular weight is 340 g/mol. The summed E-state index contributed by atoms with van der Waals surface area (Å²) in [5, 5.41) is 20.9. The molecule has 1 amide bonds. The molecule has 3 aliphatic rings. The summed E-state index contributed by atoms with van der Waals surface area (Å²) in [4.78, 5) is 16.3. The maximum absolute atomic E-state index is 12.1. The van der Waals surface area contributed by atoms with Gasteiger partial charge in [0.2, 0.25) is 0 Å². The Hall–Kier alpha value is -0.850. The number of carbonyl (C=O) groups is 1. The van der Waals surface area contributed by atoms with Gasteiger partial charge in [-0.15, -0.1) is 0 Å². The molecule has 2 N–H and O–H groups in total. The molecule has 3 rings (SSSR count). The number of fused-ring (bicyclic) bond motifs is 2. The van der Waals surface area contributed by atoms with Crippen molar-refractivity contribution in [2.45, 2.75) is 88.7 Å². The molecule has 3 fully saturated rings. The van der Waals surface area contributed by atoms with E-state index in [1.165, 1.54) is 0 Å². The van der Waals surface area contributed by atoms with E-state index in [-0.39, 0.29) is 12.2 Å². The Morgan fingerprint density at radius 1 is 1.17 bits per heavy atom. The lowest BCUT2D eigenvalue weighted by Gasteiger charge is -2.45. The number of likely N-dealkylation sites (tertiary alicyclic amines) is 1. The van der Waals surface area contributed by atoms with Crippen molar-refractivity contribution in [2.75, 3.05) is 19.6 Å². The van der Waals surface area contributed by atoms with Crippen molar-refractivity contribution < 1.29 is 19.7 Å². The minimum absolute atomic E-state index is 0.178. The maximum Gasteiger partial charge on any atom is 0.410 e. The highest BCUT2D eigenvalue weighted by Crippen LogP contribution is 2.38. The van der Waals surface area contributed by atoms with Crippen LogP contribution in [0.15, 0.2) is 0 Å². The topological polar surface area (TPSA) is 73.2 Å². The van der Waals surface area contributed by atoms with E-state index in [4.69, 9.17) is 4.74 Å². The fraction of sp³-hybridized carbons (Fsp3) is 0.944. The zero-order valence-electron chi connectivity index (χ0n) is 15.2. The van der Waals surface area contributed by atoms with Crippen LogP contribution in [0.4, 0.5) is 4.79 Å². The first-order chi connectivity index (χ1) is 11.2. The van der Waals surface area contributed by atoms with Gasteiger partial charge in [0.1, 0.15) is 5.60 Å². The van der Waals surface area contributed by atoms with Crippen molar-refractivity contribution in [3.8, 4) is 0 Å². The number of piperidine rings is 2. The Bertz CT molecular complexity index is 454. The fourth-order valence-electron chi connectivity index (χ4n) is 4.43. The molecule has 3 heterocycles. The monoisotopic (exact) mass is 340 g/mol. The highest BCUT2D eigenvalue weighted by Gasteiger charge is 2.45. The Morgan fingerprint density at radius 3 is 2.21 bits per heavy atom. The predicted octanol–water partition coefficient (Wildman–Crippen LogP) is 1.74.